The van der Waals surface area contributed by atoms with Crippen molar-refractivity contribution in [1.82, 2.24) is 14.5 Å². The topological polar surface area (TPSA) is 53.7 Å². The van der Waals surface area contributed by atoms with Crippen LogP contribution in [0.25, 0.3) is 0 Å². The summed E-state index contributed by atoms with van der Waals surface area (Å²) in [6.45, 7) is 7.27. The van der Waals surface area contributed by atoms with Gasteiger partial charge in [0.25, 0.3) is 5.91 Å². The molecular weight excluding hydrogens is 352 g/mol. The fourth-order valence-electron chi connectivity index (χ4n) is 3.56. The highest BCUT2D eigenvalue weighted by Gasteiger charge is 2.42. The van der Waals surface area contributed by atoms with E-state index in [0.717, 1.165) is 12.1 Å². The highest BCUT2D eigenvalue weighted by Crippen LogP contribution is 2.33. The predicted molar refractivity (Wildman–Crippen MR) is 97.8 cm³/mol. The minimum Gasteiger partial charge on any atom is -0.312 e. The molecular formula is C19H21F2N5O. The molecule has 1 aromatic heterocycles. The van der Waals surface area contributed by atoms with E-state index in [1.54, 1.807) is 9.47 Å². The molecule has 0 saturated carbocycles. The highest BCUT2D eigenvalue weighted by molar-refractivity contribution is 6.18. The van der Waals surface area contributed by atoms with Crippen LogP contribution >= 0.6 is 0 Å². The van der Waals surface area contributed by atoms with E-state index < -0.39 is 11.6 Å². The van der Waals surface area contributed by atoms with E-state index in [-0.39, 0.29) is 24.1 Å². The van der Waals surface area contributed by atoms with Gasteiger partial charge in [0.2, 0.25) is 5.96 Å². The second-order valence-corrected chi connectivity index (χ2v) is 7.18. The van der Waals surface area contributed by atoms with Crippen molar-refractivity contribution in [3.05, 3.63) is 47.4 Å². The lowest BCUT2D eigenvalue weighted by molar-refractivity contribution is 0.0841. The van der Waals surface area contributed by atoms with Crippen LogP contribution in [0.15, 0.2) is 29.5 Å². The smallest absolute Gasteiger partial charge is 0.283 e. The minimum atomic E-state index is -0.503. The fourth-order valence-corrected chi connectivity index (χ4v) is 3.56. The molecule has 2 aromatic rings. The molecule has 1 amide bonds. The third-order valence-corrected chi connectivity index (χ3v) is 5.08. The molecule has 1 unspecified atom stereocenters. The number of carbonyl (C=O) groups excluding carboxylic acids is 1. The molecule has 2 aliphatic heterocycles. The Morgan fingerprint density at radius 1 is 1.30 bits per heavy atom. The summed E-state index contributed by atoms with van der Waals surface area (Å²) in [5, 5.41) is 0. The van der Waals surface area contributed by atoms with E-state index in [9.17, 15) is 13.6 Å². The monoisotopic (exact) mass is 373 g/mol. The van der Waals surface area contributed by atoms with Crippen molar-refractivity contribution in [2.75, 3.05) is 18.0 Å². The standard InChI is InChI=1S/C19H21F2N5O/c1-4-25-18(27)16-17(26-9-15(11(2)3)23-19(25)26)24(10-22-16)8-12-7-13(20)5-6-14(12)21/h5-7,10-11,15H,4,8-9H2,1-3H3. The Labute approximate surface area is 156 Å². The van der Waals surface area contributed by atoms with Gasteiger partial charge in [0.1, 0.15) is 17.5 Å². The van der Waals surface area contributed by atoms with E-state index in [1.807, 2.05) is 11.8 Å². The van der Waals surface area contributed by atoms with Gasteiger partial charge in [0, 0.05) is 12.1 Å². The molecule has 1 atom stereocenters. The molecule has 0 saturated heterocycles. The van der Waals surface area contributed by atoms with Crippen molar-refractivity contribution in [2.45, 2.75) is 33.4 Å². The molecule has 0 bridgehead atoms. The summed E-state index contributed by atoms with van der Waals surface area (Å²) in [5.41, 5.74) is 0.524. The van der Waals surface area contributed by atoms with Crippen molar-refractivity contribution < 1.29 is 13.6 Å². The van der Waals surface area contributed by atoms with E-state index in [1.165, 1.54) is 12.4 Å². The number of fused-ring (bicyclic) bond motifs is 3. The van der Waals surface area contributed by atoms with Crippen LogP contribution in [-0.2, 0) is 6.54 Å². The minimum absolute atomic E-state index is 0.0575. The summed E-state index contributed by atoms with van der Waals surface area (Å²) in [5.74, 6) is 0.302. The SMILES string of the molecule is CCN1C(=O)c2ncn(Cc3cc(F)ccc3F)c2N2CC(C(C)C)N=C12. The average Bonchev–Trinajstić information content (AvgIpc) is 3.23. The molecule has 0 spiro atoms. The van der Waals surface area contributed by atoms with Gasteiger partial charge >= 0.3 is 0 Å². The largest absolute Gasteiger partial charge is 0.312 e. The third kappa shape index (κ3) is 2.79. The number of amides is 1. The first-order chi connectivity index (χ1) is 12.9. The second kappa shape index (κ2) is 6.44. The van der Waals surface area contributed by atoms with Crippen LogP contribution in [0.1, 0.15) is 36.8 Å². The number of rotatable bonds is 4. The Kier molecular flexibility index (Phi) is 4.20. The first kappa shape index (κ1) is 17.6. The van der Waals surface area contributed by atoms with Crippen LogP contribution in [0.3, 0.4) is 0 Å². The first-order valence-electron chi connectivity index (χ1n) is 9.07. The number of benzene rings is 1. The van der Waals surface area contributed by atoms with Crippen molar-refractivity contribution in [1.29, 1.82) is 0 Å². The number of imidazole rings is 1. The number of hydrogen-bond acceptors (Lipinski definition) is 4. The van der Waals surface area contributed by atoms with Crippen LogP contribution in [0.4, 0.5) is 14.6 Å². The van der Waals surface area contributed by atoms with E-state index in [2.05, 4.69) is 18.8 Å². The van der Waals surface area contributed by atoms with Gasteiger partial charge < -0.3 is 4.57 Å². The second-order valence-electron chi connectivity index (χ2n) is 7.18. The quantitative estimate of drug-likeness (QED) is 0.828. The number of carbonyl (C=O) groups is 1. The lowest BCUT2D eigenvalue weighted by Crippen LogP contribution is -2.50. The Balaban J connectivity index is 1.78. The number of nitrogens with zero attached hydrogens (tertiary/aromatic N) is 5. The van der Waals surface area contributed by atoms with Gasteiger partial charge in [-0.25, -0.2) is 18.8 Å². The zero-order valence-electron chi connectivity index (χ0n) is 15.5. The maximum absolute atomic E-state index is 14.1. The molecule has 8 heteroatoms. The summed E-state index contributed by atoms with van der Waals surface area (Å²) in [7, 11) is 0. The molecule has 0 N–H and O–H groups in total. The van der Waals surface area contributed by atoms with E-state index in [4.69, 9.17) is 4.99 Å². The van der Waals surface area contributed by atoms with Crippen LogP contribution in [0.2, 0.25) is 0 Å². The Morgan fingerprint density at radius 3 is 2.78 bits per heavy atom. The van der Waals surface area contributed by atoms with E-state index in [0.29, 0.717) is 36.5 Å². The van der Waals surface area contributed by atoms with Crippen LogP contribution in [0.5, 0.6) is 0 Å². The molecule has 27 heavy (non-hydrogen) atoms. The van der Waals surface area contributed by atoms with Gasteiger partial charge in [-0.05, 0) is 31.0 Å². The van der Waals surface area contributed by atoms with E-state index >= 15 is 0 Å². The summed E-state index contributed by atoms with van der Waals surface area (Å²) >= 11 is 0. The van der Waals surface area contributed by atoms with Crippen molar-refractivity contribution in [3.63, 3.8) is 0 Å². The van der Waals surface area contributed by atoms with Crippen LogP contribution in [0, 0.1) is 17.6 Å². The lowest BCUT2D eigenvalue weighted by Gasteiger charge is -2.33. The number of guanidine groups is 1. The number of halogens is 2. The summed E-state index contributed by atoms with van der Waals surface area (Å²) < 4.78 is 29.3. The normalized spacial score (nSPS) is 18.8. The zero-order valence-corrected chi connectivity index (χ0v) is 15.5. The van der Waals surface area contributed by atoms with Gasteiger partial charge in [-0.2, -0.15) is 0 Å². The molecule has 0 aliphatic carbocycles. The molecule has 2 aliphatic rings. The van der Waals surface area contributed by atoms with Crippen molar-refractivity contribution >= 4 is 17.7 Å². The molecule has 0 fully saturated rings. The van der Waals surface area contributed by atoms with Crippen LogP contribution in [-0.4, -0.2) is 45.4 Å². The molecule has 6 nitrogen and oxygen atoms in total. The number of aliphatic imine (C=N–C) groups is 1. The summed E-state index contributed by atoms with van der Waals surface area (Å²) in [6.07, 6.45) is 1.51. The molecule has 142 valence electrons. The molecule has 4 rings (SSSR count). The number of hydrogen-bond donors (Lipinski definition) is 0. The van der Waals surface area contributed by atoms with Gasteiger partial charge in [0.05, 0.1) is 25.5 Å². The van der Waals surface area contributed by atoms with Gasteiger partial charge in [-0.15, -0.1) is 0 Å². The maximum Gasteiger partial charge on any atom is 0.283 e. The maximum atomic E-state index is 14.1. The van der Waals surface area contributed by atoms with Gasteiger partial charge in [-0.1, -0.05) is 13.8 Å². The zero-order chi connectivity index (χ0) is 19.3. The Bertz CT molecular complexity index is 936. The number of anilines is 1. The predicted octanol–water partition coefficient (Wildman–Crippen LogP) is 2.89. The summed E-state index contributed by atoms with van der Waals surface area (Å²) in [4.78, 5) is 25.5. The molecule has 0 radical (unpaired) electrons. The Hall–Kier alpha value is -2.77. The van der Waals surface area contributed by atoms with Crippen molar-refractivity contribution in [3.8, 4) is 0 Å². The van der Waals surface area contributed by atoms with Crippen LogP contribution < -0.4 is 4.90 Å². The average molecular weight is 373 g/mol. The first-order valence-corrected chi connectivity index (χ1v) is 9.07. The van der Waals surface area contributed by atoms with Gasteiger partial charge in [-0.3, -0.25) is 14.6 Å². The van der Waals surface area contributed by atoms with Crippen molar-refractivity contribution in [2.24, 2.45) is 10.9 Å². The third-order valence-electron chi connectivity index (χ3n) is 5.08. The number of aromatic nitrogens is 2. The lowest BCUT2D eigenvalue weighted by atomic mass is 10.1. The Morgan fingerprint density at radius 2 is 2.07 bits per heavy atom. The molecule has 1 aromatic carbocycles. The summed E-state index contributed by atoms with van der Waals surface area (Å²) in [6, 6.07) is 3.42. The fraction of sp³-hybridized carbons (Fsp3) is 0.421. The van der Waals surface area contributed by atoms with Gasteiger partial charge in [0.15, 0.2) is 5.69 Å². The molecule has 3 heterocycles. The highest BCUT2D eigenvalue weighted by atomic mass is 19.1.